The minimum atomic E-state index is 0.609. The van der Waals surface area contributed by atoms with Gasteiger partial charge in [0.25, 0.3) is 0 Å². The molecular weight excluding hydrogens is 619 g/mol. The number of aromatic nitrogens is 5. The van der Waals surface area contributed by atoms with E-state index in [1.54, 1.807) is 11.3 Å². The highest BCUT2D eigenvalue weighted by atomic mass is 32.1. The lowest BCUT2D eigenvalue weighted by atomic mass is 10.0. The van der Waals surface area contributed by atoms with Crippen LogP contribution in [0.5, 0.6) is 0 Å². The van der Waals surface area contributed by atoms with Crippen molar-refractivity contribution in [3.63, 3.8) is 0 Å². The summed E-state index contributed by atoms with van der Waals surface area (Å²) in [6.07, 6.45) is 0. The molecule has 6 heteroatoms. The highest BCUT2D eigenvalue weighted by molar-refractivity contribution is 7.26. The summed E-state index contributed by atoms with van der Waals surface area (Å²) in [5.74, 6) is 2.55. The molecule has 6 aromatic carbocycles. The van der Waals surface area contributed by atoms with Crippen LogP contribution >= 0.6 is 11.3 Å². The van der Waals surface area contributed by atoms with Crippen molar-refractivity contribution in [1.29, 1.82) is 0 Å². The molecule has 0 aliphatic carbocycles. The van der Waals surface area contributed by atoms with Gasteiger partial charge in [-0.2, -0.15) is 0 Å². The van der Waals surface area contributed by atoms with Gasteiger partial charge in [0.2, 0.25) is 0 Å². The maximum atomic E-state index is 5.24. The number of nitrogens with zero attached hydrogens (tertiary/aromatic N) is 5. The number of benzene rings is 6. The Labute approximate surface area is 287 Å². The smallest absolute Gasteiger partial charge is 0.164 e. The molecule has 5 nitrogen and oxygen atoms in total. The van der Waals surface area contributed by atoms with Gasteiger partial charge < -0.3 is 0 Å². The summed E-state index contributed by atoms with van der Waals surface area (Å²) in [7, 11) is 0. The molecule has 0 saturated carbocycles. The van der Waals surface area contributed by atoms with Crippen molar-refractivity contribution in [3.8, 4) is 67.9 Å². The molecule has 0 atom stereocenters. The molecular formula is C43H27N5S. The van der Waals surface area contributed by atoms with Crippen molar-refractivity contribution in [2.24, 2.45) is 0 Å². The first-order valence-corrected chi connectivity index (χ1v) is 16.9. The van der Waals surface area contributed by atoms with Crippen molar-refractivity contribution >= 4 is 31.6 Å². The molecule has 3 aromatic heterocycles. The Hall–Kier alpha value is -6.37. The van der Waals surface area contributed by atoms with E-state index in [0.29, 0.717) is 23.3 Å². The molecule has 9 rings (SSSR count). The largest absolute Gasteiger partial charge is 0.226 e. The maximum absolute atomic E-state index is 5.24. The fourth-order valence-corrected chi connectivity index (χ4v) is 7.25. The second-order valence-electron chi connectivity index (χ2n) is 11.7. The zero-order valence-corrected chi connectivity index (χ0v) is 27.0. The predicted octanol–water partition coefficient (Wildman–Crippen LogP) is 11.0. The normalized spacial score (nSPS) is 11.3. The summed E-state index contributed by atoms with van der Waals surface area (Å²) in [4.78, 5) is 25.1. The van der Waals surface area contributed by atoms with Gasteiger partial charge in [-0.05, 0) is 23.3 Å². The predicted molar refractivity (Wildman–Crippen MR) is 201 cm³/mol. The quantitative estimate of drug-likeness (QED) is 0.180. The monoisotopic (exact) mass is 645 g/mol. The van der Waals surface area contributed by atoms with E-state index in [1.807, 2.05) is 78.9 Å². The molecule has 3 heterocycles. The first-order chi connectivity index (χ1) is 24.3. The molecule has 0 fully saturated rings. The molecule has 0 saturated heterocycles. The zero-order chi connectivity index (χ0) is 32.6. The van der Waals surface area contributed by atoms with Gasteiger partial charge >= 0.3 is 0 Å². The molecule has 0 spiro atoms. The van der Waals surface area contributed by atoms with Gasteiger partial charge in [-0.3, -0.25) is 0 Å². The minimum Gasteiger partial charge on any atom is -0.226 e. The Morgan fingerprint density at radius 3 is 1.37 bits per heavy atom. The number of hydrogen-bond donors (Lipinski definition) is 0. The summed E-state index contributed by atoms with van der Waals surface area (Å²) < 4.78 is 2.27. The van der Waals surface area contributed by atoms with Crippen LogP contribution in [0.15, 0.2) is 164 Å². The number of rotatable bonds is 6. The average molecular weight is 646 g/mol. The Morgan fingerprint density at radius 2 is 0.776 bits per heavy atom. The van der Waals surface area contributed by atoms with E-state index in [9.17, 15) is 0 Å². The molecule has 0 aliphatic heterocycles. The lowest BCUT2D eigenvalue weighted by Crippen LogP contribution is -2.00. The van der Waals surface area contributed by atoms with Crippen LogP contribution in [0, 0.1) is 0 Å². The lowest BCUT2D eigenvalue weighted by molar-refractivity contribution is 1.07. The molecule has 49 heavy (non-hydrogen) atoms. The Morgan fingerprint density at radius 1 is 0.327 bits per heavy atom. The van der Waals surface area contributed by atoms with E-state index in [2.05, 4.69) is 84.9 Å². The maximum Gasteiger partial charge on any atom is 0.164 e. The summed E-state index contributed by atoms with van der Waals surface area (Å²) in [5, 5.41) is 1.13. The van der Waals surface area contributed by atoms with E-state index in [-0.39, 0.29) is 0 Å². The third-order valence-corrected chi connectivity index (χ3v) is 9.73. The highest BCUT2D eigenvalue weighted by Gasteiger charge is 2.18. The SMILES string of the molecule is c1ccc(-c2cccc(-c3nc(-c4ccc(-c5nc(-c6ccccc6)nc(-c6ccccc6)n5)cc4)nc4c3sc3ccccc34)c2)cc1. The van der Waals surface area contributed by atoms with E-state index in [1.165, 1.54) is 10.3 Å². The van der Waals surface area contributed by atoms with Gasteiger partial charge in [-0.1, -0.05) is 152 Å². The van der Waals surface area contributed by atoms with Crippen LogP contribution < -0.4 is 0 Å². The third kappa shape index (κ3) is 5.54. The second kappa shape index (κ2) is 12.3. The van der Waals surface area contributed by atoms with Gasteiger partial charge in [-0.15, -0.1) is 11.3 Å². The number of thiophene rings is 1. The molecule has 0 amide bonds. The van der Waals surface area contributed by atoms with Gasteiger partial charge in [0.1, 0.15) is 0 Å². The molecule has 230 valence electrons. The minimum absolute atomic E-state index is 0.609. The summed E-state index contributed by atoms with van der Waals surface area (Å²) in [6.45, 7) is 0. The van der Waals surface area contributed by atoms with Crippen LogP contribution in [-0.2, 0) is 0 Å². The summed E-state index contributed by atoms with van der Waals surface area (Å²) in [5.41, 5.74) is 8.96. The third-order valence-electron chi connectivity index (χ3n) is 8.56. The summed E-state index contributed by atoms with van der Waals surface area (Å²) >= 11 is 1.74. The number of hydrogen-bond acceptors (Lipinski definition) is 6. The molecule has 0 unspecified atom stereocenters. The fourth-order valence-electron chi connectivity index (χ4n) is 6.10. The van der Waals surface area contributed by atoms with Crippen LogP contribution in [0.1, 0.15) is 0 Å². The second-order valence-corrected chi connectivity index (χ2v) is 12.8. The average Bonchev–Trinajstić information content (AvgIpc) is 3.57. The van der Waals surface area contributed by atoms with Gasteiger partial charge in [0.15, 0.2) is 23.3 Å². The molecule has 9 aromatic rings. The summed E-state index contributed by atoms with van der Waals surface area (Å²) in [6, 6.07) is 55.8. The van der Waals surface area contributed by atoms with Crippen molar-refractivity contribution in [1.82, 2.24) is 24.9 Å². The lowest BCUT2D eigenvalue weighted by Gasteiger charge is -2.10. The zero-order valence-electron chi connectivity index (χ0n) is 26.2. The van der Waals surface area contributed by atoms with E-state index >= 15 is 0 Å². The molecule has 0 aliphatic rings. The molecule has 0 bridgehead atoms. The fraction of sp³-hybridized carbons (Fsp3) is 0. The Balaban J connectivity index is 1.16. The molecule has 0 radical (unpaired) electrons. The van der Waals surface area contributed by atoms with Crippen LogP contribution in [0.2, 0.25) is 0 Å². The molecule has 0 N–H and O–H groups in total. The van der Waals surface area contributed by atoms with E-state index in [0.717, 1.165) is 54.7 Å². The first kappa shape index (κ1) is 28.8. The van der Waals surface area contributed by atoms with Crippen molar-refractivity contribution in [3.05, 3.63) is 164 Å². The van der Waals surface area contributed by atoms with Gasteiger partial charge in [0, 0.05) is 37.9 Å². The van der Waals surface area contributed by atoms with Crippen LogP contribution in [0.4, 0.5) is 0 Å². The Kier molecular flexibility index (Phi) is 7.26. The highest BCUT2D eigenvalue weighted by Crippen LogP contribution is 2.40. The number of fused-ring (bicyclic) bond motifs is 3. The van der Waals surface area contributed by atoms with E-state index in [4.69, 9.17) is 24.9 Å². The Bertz CT molecular complexity index is 2530. The van der Waals surface area contributed by atoms with Crippen LogP contribution in [0.3, 0.4) is 0 Å². The van der Waals surface area contributed by atoms with Crippen LogP contribution in [-0.4, -0.2) is 24.9 Å². The standard InChI is InChI=1S/C43H27N5S/c1-4-13-28(14-5-1)33-19-12-20-34(27-33)37-39-38(35-21-10-11-22-36(35)49-39)45-40(44-37)31-23-25-32(26-24-31)43-47-41(29-15-6-2-7-16-29)46-42(48-43)30-17-8-3-9-18-30/h1-27H. The van der Waals surface area contributed by atoms with Crippen molar-refractivity contribution in [2.45, 2.75) is 0 Å². The van der Waals surface area contributed by atoms with Crippen LogP contribution in [0.25, 0.3) is 88.2 Å². The van der Waals surface area contributed by atoms with Crippen molar-refractivity contribution < 1.29 is 0 Å². The van der Waals surface area contributed by atoms with Gasteiger partial charge in [-0.25, -0.2) is 24.9 Å². The van der Waals surface area contributed by atoms with Crippen molar-refractivity contribution in [2.75, 3.05) is 0 Å². The van der Waals surface area contributed by atoms with Gasteiger partial charge in [0.05, 0.1) is 15.9 Å². The van der Waals surface area contributed by atoms with E-state index < -0.39 is 0 Å². The topological polar surface area (TPSA) is 64.5 Å². The first-order valence-electron chi connectivity index (χ1n) is 16.1.